The molecule has 1 fully saturated rings. The van der Waals surface area contributed by atoms with Crippen molar-refractivity contribution in [3.05, 3.63) is 35.9 Å². The first-order valence-electron chi connectivity index (χ1n) is 6.82. The molecule has 3 nitrogen and oxygen atoms in total. The summed E-state index contributed by atoms with van der Waals surface area (Å²) < 4.78 is 5.02. The van der Waals surface area contributed by atoms with E-state index >= 15 is 0 Å². The summed E-state index contributed by atoms with van der Waals surface area (Å²) in [6.07, 6.45) is 1.80. The quantitative estimate of drug-likeness (QED) is 0.620. The van der Waals surface area contributed by atoms with Crippen LogP contribution in [0.5, 0.6) is 0 Å². The molecule has 0 heterocycles. The van der Waals surface area contributed by atoms with E-state index in [1.165, 1.54) is 5.56 Å². The molecule has 19 heavy (non-hydrogen) atoms. The van der Waals surface area contributed by atoms with E-state index < -0.39 is 5.92 Å². The second-order valence-corrected chi connectivity index (χ2v) is 5.40. The van der Waals surface area contributed by atoms with Crippen LogP contribution in [0.2, 0.25) is 0 Å². The van der Waals surface area contributed by atoms with Crippen LogP contribution in [-0.2, 0) is 19.7 Å². The van der Waals surface area contributed by atoms with Gasteiger partial charge in [-0.25, -0.2) is 0 Å². The van der Waals surface area contributed by atoms with Gasteiger partial charge in [-0.3, -0.25) is 9.59 Å². The van der Waals surface area contributed by atoms with Crippen LogP contribution in [0.15, 0.2) is 30.3 Å². The second-order valence-electron chi connectivity index (χ2n) is 5.40. The fourth-order valence-corrected chi connectivity index (χ4v) is 2.80. The number of hydrogen-bond acceptors (Lipinski definition) is 3. The van der Waals surface area contributed by atoms with E-state index in [0.717, 1.165) is 6.42 Å². The Balaban J connectivity index is 2.21. The van der Waals surface area contributed by atoms with Gasteiger partial charge in [0, 0.05) is 6.42 Å². The molecule has 0 saturated heterocycles. The van der Waals surface area contributed by atoms with Crippen LogP contribution in [-0.4, -0.2) is 18.4 Å². The van der Waals surface area contributed by atoms with E-state index in [2.05, 4.69) is 19.1 Å². The van der Waals surface area contributed by atoms with Crippen LogP contribution < -0.4 is 0 Å². The van der Waals surface area contributed by atoms with Crippen LogP contribution in [0, 0.1) is 5.92 Å². The van der Waals surface area contributed by atoms with Crippen LogP contribution in [0.3, 0.4) is 0 Å². The number of carbonyl (C=O) groups is 2. The minimum atomic E-state index is -0.598. The lowest BCUT2D eigenvalue weighted by molar-refractivity contribution is -0.153. The SMILES string of the molecule is CCOC(=O)C1CC(C)(c2ccccc2)CCC1=O. The Morgan fingerprint density at radius 1 is 1.37 bits per heavy atom. The molecule has 0 aromatic heterocycles. The molecule has 1 aromatic carbocycles. The molecule has 2 unspecified atom stereocenters. The number of ketones is 1. The second kappa shape index (κ2) is 5.55. The zero-order chi connectivity index (χ0) is 13.9. The first-order chi connectivity index (χ1) is 9.07. The van der Waals surface area contributed by atoms with Crippen molar-refractivity contribution >= 4 is 11.8 Å². The minimum Gasteiger partial charge on any atom is -0.465 e. The van der Waals surface area contributed by atoms with E-state index in [0.29, 0.717) is 19.4 Å². The smallest absolute Gasteiger partial charge is 0.316 e. The highest BCUT2D eigenvalue weighted by atomic mass is 16.5. The van der Waals surface area contributed by atoms with Gasteiger partial charge in [0.15, 0.2) is 0 Å². The third-order valence-corrected chi connectivity index (χ3v) is 4.01. The first kappa shape index (κ1) is 13.8. The highest BCUT2D eigenvalue weighted by molar-refractivity contribution is 5.99. The molecule has 0 radical (unpaired) electrons. The molecule has 0 spiro atoms. The fourth-order valence-electron chi connectivity index (χ4n) is 2.80. The lowest BCUT2D eigenvalue weighted by atomic mass is 9.66. The maximum atomic E-state index is 11.9. The summed E-state index contributed by atoms with van der Waals surface area (Å²) in [5.74, 6) is -0.944. The van der Waals surface area contributed by atoms with Crippen molar-refractivity contribution < 1.29 is 14.3 Å². The topological polar surface area (TPSA) is 43.4 Å². The van der Waals surface area contributed by atoms with Crippen LogP contribution in [0.1, 0.15) is 38.7 Å². The Hall–Kier alpha value is -1.64. The van der Waals surface area contributed by atoms with Gasteiger partial charge in [-0.15, -0.1) is 0 Å². The van der Waals surface area contributed by atoms with Crippen molar-refractivity contribution in [2.24, 2.45) is 5.92 Å². The summed E-state index contributed by atoms with van der Waals surface area (Å²) >= 11 is 0. The van der Waals surface area contributed by atoms with Gasteiger partial charge in [-0.1, -0.05) is 37.3 Å². The third kappa shape index (κ3) is 2.86. The zero-order valence-corrected chi connectivity index (χ0v) is 11.5. The maximum absolute atomic E-state index is 11.9. The van der Waals surface area contributed by atoms with Crippen molar-refractivity contribution in [1.82, 2.24) is 0 Å². The third-order valence-electron chi connectivity index (χ3n) is 4.01. The molecule has 0 aliphatic heterocycles. The van der Waals surface area contributed by atoms with Gasteiger partial charge in [-0.2, -0.15) is 0 Å². The van der Waals surface area contributed by atoms with E-state index in [9.17, 15) is 9.59 Å². The zero-order valence-electron chi connectivity index (χ0n) is 11.5. The van der Waals surface area contributed by atoms with Gasteiger partial charge >= 0.3 is 5.97 Å². The Bertz CT molecular complexity index is 466. The molecular weight excluding hydrogens is 240 g/mol. The van der Waals surface area contributed by atoms with E-state index in [1.54, 1.807) is 6.92 Å². The number of ether oxygens (including phenoxy) is 1. The first-order valence-corrected chi connectivity index (χ1v) is 6.82. The van der Waals surface area contributed by atoms with Crippen LogP contribution in [0.25, 0.3) is 0 Å². The van der Waals surface area contributed by atoms with E-state index in [1.807, 2.05) is 18.2 Å². The van der Waals surface area contributed by atoms with Gasteiger partial charge in [0.1, 0.15) is 11.7 Å². The molecule has 2 atom stereocenters. The fraction of sp³-hybridized carbons (Fsp3) is 0.500. The molecule has 1 saturated carbocycles. The number of carbonyl (C=O) groups excluding carboxylic acids is 2. The van der Waals surface area contributed by atoms with Crippen molar-refractivity contribution in [3.63, 3.8) is 0 Å². The predicted molar refractivity (Wildman–Crippen MR) is 72.8 cm³/mol. The van der Waals surface area contributed by atoms with Crippen molar-refractivity contribution in [2.45, 2.75) is 38.5 Å². The van der Waals surface area contributed by atoms with Crippen molar-refractivity contribution in [2.75, 3.05) is 6.61 Å². The molecule has 2 rings (SSSR count). The molecule has 3 heteroatoms. The van der Waals surface area contributed by atoms with Crippen molar-refractivity contribution in [1.29, 1.82) is 0 Å². The average molecular weight is 260 g/mol. The van der Waals surface area contributed by atoms with Crippen LogP contribution in [0.4, 0.5) is 0 Å². The minimum absolute atomic E-state index is 0.0202. The summed E-state index contributed by atoms with van der Waals surface area (Å²) in [6, 6.07) is 10.1. The summed E-state index contributed by atoms with van der Waals surface area (Å²) in [5, 5.41) is 0. The lowest BCUT2D eigenvalue weighted by Crippen LogP contribution is -2.39. The molecule has 0 amide bonds. The Labute approximate surface area is 114 Å². The molecule has 1 aromatic rings. The number of benzene rings is 1. The average Bonchev–Trinajstić information content (AvgIpc) is 2.43. The lowest BCUT2D eigenvalue weighted by Gasteiger charge is -2.36. The van der Waals surface area contributed by atoms with E-state index in [4.69, 9.17) is 4.74 Å². The Morgan fingerprint density at radius 3 is 2.68 bits per heavy atom. The largest absolute Gasteiger partial charge is 0.465 e. The summed E-state index contributed by atoms with van der Waals surface area (Å²) in [6.45, 7) is 4.22. The standard InChI is InChI=1S/C16H20O3/c1-3-19-15(18)13-11-16(2,10-9-14(13)17)12-7-5-4-6-8-12/h4-8,13H,3,9-11H2,1-2H3. The van der Waals surface area contributed by atoms with Crippen molar-refractivity contribution in [3.8, 4) is 0 Å². The van der Waals surface area contributed by atoms with E-state index in [-0.39, 0.29) is 17.2 Å². The highest BCUT2D eigenvalue weighted by Gasteiger charge is 2.41. The number of esters is 1. The molecular formula is C16H20O3. The molecule has 0 N–H and O–H groups in total. The molecule has 1 aliphatic carbocycles. The predicted octanol–water partition coefficient (Wildman–Crippen LogP) is 2.88. The van der Waals surface area contributed by atoms with Gasteiger partial charge in [0.05, 0.1) is 6.61 Å². The molecule has 0 bridgehead atoms. The summed E-state index contributed by atoms with van der Waals surface area (Å²) in [4.78, 5) is 23.8. The molecule has 102 valence electrons. The van der Waals surface area contributed by atoms with Gasteiger partial charge < -0.3 is 4.74 Å². The maximum Gasteiger partial charge on any atom is 0.316 e. The Morgan fingerprint density at radius 2 is 2.05 bits per heavy atom. The van der Waals surface area contributed by atoms with Gasteiger partial charge in [0.25, 0.3) is 0 Å². The Kier molecular flexibility index (Phi) is 4.03. The number of rotatable bonds is 3. The number of Topliss-reactive ketones (excluding diaryl/α,β-unsaturated/α-hetero) is 1. The number of hydrogen-bond donors (Lipinski definition) is 0. The monoisotopic (exact) mass is 260 g/mol. The highest BCUT2D eigenvalue weighted by Crippen LogP contribution is 2.40. The van der Waals surface area contributed by atoms with Gasteiger partial charge in [-0.05, 0) is 30.7 Å². The normalized spacial score (nSPS) is 27.1. The van der Waals surface area contributed by atoms with Gasteiger partial charge in [0.2, 0.25) is 0 Å². The summed E-state index contributed by atoms with van der Waals surface area (Å²) in [5.41, 5.74) is 1.07. The molecule has 1 aliphatic rings. The van der Waals surface area contributed by atoms with Crippen LogP contribution >= 0.6 is 0 Å². The summed E-state index contributed by atoms with van der Waals surface area (Å²) in [7, 11) is 0.